The maximum absolute atomic E-state index is 9.04. The molecule has 1 aliphatic carbocycles. The zero-order valence-electron chi connectivity index (χ0n) is 11.3. The fourth-order valence-electron chi connectivity index (χ4n) is 2.01. The summed E-state index contributed by atoms with van der Waals surface area (Å²) in [7, 11) is 2.17. The highest BCUT2D eigenvalue weighted by atomic mass is 15.2. The second kappa shape index (κ2) is 5.36. The molecular weight excluding hydrogens is 224 g/mol. The molecule has 4 nitrogen and oxygen atoms in total. The van der Waals surface area contributed by atoms with Crippen molar-refractivity contribution in [3.63, 3.8) is 0 Å². The summed E-state index contributed by atoms with van der Waals surface area (Å²) in [5.74, 6) is 0.702. The van der Waals surface area contributed by atoms with Crippen molar-refractivity contribution in [3.8, 4) is 6.07 Å². The summed E-state index contributed by atoms with van der Waals surface area (Å²) >= 11 is 0. The molecule has 1 fully saturated rings. The Balaban J connectivity index is 1.96. The number of nitrogens with zero attached hydrogens (tertiary/aromatic N) is 3. The second-order valence-electron chi connectivity index (χ2n) is 5.09. The first-order valence-corrected chi connectivity index (χ1v) is 6.45. The lowest BCUT2D eigenvalue weighted by atomic mass is 10.2. The first kappa shape index (κ1) is 12.8. The Kier molecular flexibility index (Phi) is 3.83. The number of hydrogen-bond acceptors (Lipinski definition) is 4. The summed E-state index contributed by atoms with van der Waals surface area (Å²) in [5, 5.41) is 12.3. The Morgan fingerprint density at radius 2 is 2.28 bits per heavy atom. The van der Waals surface area contributed by atoms with Crippen LogP contribution in [0.1, 0.15) is 31.0 Å². The third-order valence-corrected chi connectivity index (χ3v) is 3.54. The van der Waals surface area contributed by atoms with Crippen molar-refractivity contribution in [2.24, 2.45) is 0 Å². The van der Waals surface area contributed by atoms with Gasteiger partial charge >= 0.3 is 0 Å². The van der Waals surface area contributed by atoms with Gasteiger partial charge in [-0.15, -0.1) is 0 Å². The number of aromatic nitrogens is 1. The Morgan fingerprint density at radius 1 is 1.56 bits per heavy atom. The molecule has 1 unspecified atom stereocenters. The monoisotopic (exact) mass is 244 g/mol. The number of nitriles is 1. The molecule has 0 spiro atoms. The van der Waals surface area contributed by atoms with Crippen LogP contribution in [0.4, 0.5) is 5.82 Å². The van der Waals surface area contributed by atoms with Crippen LogP contribution in [0.5, 0.6) is 0 Å². The molecule has 0 aliphatic heterocycles. The zero-order chi connectivity index (χ0) is 13.1. The van der Waals surface area contributed by atoms with E-state index in [1.54, 1.807) is 0 Å². The first-order chi connectivity index (χ1) is 8.61. The number of rotatable bonds is 5. The summed E-state index contributed by atoms with van der Waals surface area (Å²) in [6.07, 6.45) is 2.62. The van der Waals surface area contributed by atoms with E-state index in [-0.39, 0.29) is 0 Å². The molecule has 0 aromatic carbocycles. The smallest absolute Gasteiger partial charge is 0.144 e. The van der Waals surface area contributed by atoms with Gasteiger partial charge in [-0.2, -0.15) is 5.26 Å². The molecule has 1 aromatic rings. The van der Waals surface area contributed by atoms with E-state index in [1.165, 1.54) is 12.8 Å². The third-order valence-electron chi connectivity index (χ3n) is 3.54. The Labute approximate surface area is 109 Å². The van der Waals surface area contributed by atoms with Gasteiger partial charge in [0.2, 0.25) is 0 Å². The molecule has 96 valence electrons. The molecule has 4 heteroatoms. The van der Waals surface area contributed by atoms with Gasteiger partial charge in [0.1, 0.15) is 11.9 Å². The van der Waals surface area contributed by atoms with Crippen molar-refractivity contribution in [1.29, 1.82) is 5.26 Å². The van der Waals surface area contributed by atoms with E-state index in [1.807, 2.05) is 19.1 Å². The van der Waals surface area contributed by atoms with Gasteiger partial charge in [0, 0.05) is 24.3 Å². The molecule has 1 atom stereocenters. The summed E-state index contributed by atoms with van der Waals surface area (Å²) in [5.41, 5.74) is 1.54. The minimum absolute atomic E-state index is 0.450. The number of aryl methyl sites for hydroxylation is 1. The normalized spacial score (nSPS) is 16.4. The average molecular weight is 244 g/mol. The molecule has 0 bridgehead atoms. The van der Waals surface area contributed by atoms with Gasteiger partial charge in [-0.25, -0.2) is 4.98 Å². The number of likely N-dealkylation sites (N-methyl/N-ethyl adjacent to an activating group) is 1. The predicted molar refractivity (Wildman–Crippen MR) is 72.4 cm³/mol. The second-order valence-corrected chi connectivity index (χ2v) is 5.09. The van der Waals surface area contributed by atoms with Gasteiger partial charge in [0.25, 0.3) is 0 Å². The van der Waals surface area contributed by atoms with Crippen LogP contribution in [0, 0.1) is 18.3 Å². The molecule has 1 N–H and O–H groups in total. The van der Waals surface area contributed by atoms with Crippen LogP contribution in [0.25, 0.3) is 0 Å². The Morgan fingerprint density at radius 3 is 2.89 bits per heavy atom. The molecule has 18 heavy (non-hydrogen) atoms. The van der Waals surface area contributed by atoms with Gasteiger partial charge in [0.15, 0.2) is 0 Å². The molecule has 0 radical (unpaired) electrons. The van der Waals surface area contributed by atoms with Crippen molar-refractivity contribution in [2.75, 3.05) is 18.9 Å². The number of pyridine rings is 1. The molecule has 1 heterocycles. The Hall–Kier alpha value is -1.60. The van der Waals surface area contributed by atoms with Crippen molar-refractivity contribution < 1.29 is 0 Å². The van der Waals surface area contributed by atoms with Crippen molar-refractivity contribution in [2.45, 2.75) is 38.8 Å². The van der Waals surface area contributed by atoms with Crippen LogP contribution in [0.2, 0.25) is 0 Å². The van der Waals surface area contributed by atoms with Gasteiger partial charge in [-0.05, 0) is 45.9 Å². The van der Waals surface area contributed by atoms with Crippen molar-refractivity contribution in [1.82, 2.24) is 9.88 Å². The topological polar surface area (TPSA) is 52.0 Å². The van der Waals surface area contributed by atoms with Crippen LogP contribution in [0.3, 0.4) is 0 Å². The van der Waals surface area contributed by atoms with Crippen molar-refractivity contribution >= 4 is 5.82 Å². The van der Waals surface area contributed by atoms with Gasteiger partial charge in [0.05, 0.1) is 5.56 Å². The molecule has 1 aromatic heterocycles. The van der Waals surface area contributed by atoms with Crippen LogP contribution in [0.15, 0.2) is 12.1 Å². The summed E-state index contributed by atoms with van der Waals surface area (Å²) in [6, 6.07) is 7.06. The fraction of sp³-hybridized carbons (Fsp3) is 0.571. The van der Waals surface area contributed by atoms with Gasteiger partial charge in [-0.1, -0.05) is 0 Å². The van der Waals surface area contributed by atoms with Crippen LogP contribution >= 0.6 is 0 Å². The van der Waals surface area contributed by atoms with E-state index in [4.69, 9.17) is 5.26 Å². The number of anilines is 1. The lowest BCUT2D eigenvalue weighted by Crippen LogP contribution is -2.36. The van der Waals surface area contributed by atoms with Gasteiger partial charge in [-0.3, -0.25) is 4.90 Å². The standard InChI is InChI=1S/C14H20N4/c1-10-4-5-12(8-15)14(17-10)16-9-11(2)18(3)13-6-7-13/h4-5,11,13H,6-7,9H2,1-3H3,(H,16,17). The molecular formula is C14H20N4. The summed E-state index contributed by atoms with van der Waals surface area (Å²) in [4.78, 5) is 6.78. The lowest BCUT2D eigenvalue weighted by molar-refractivity contribution is 0.257. The minimum Gasteiger partial charge on any atom is -0.367 e. The molecule has 0 saturated heterocycles. The van der Waals surface area contributed by atoms with E-state index in [2.05, 4.69) is 35.2 Å². The van der Waals surface area contributed by atoms with Crippen LogP contribution in [-0.2, 0) is 0 Å². The summed E-state index contributed by atoms with van der Waals surface area (Å²) in [6.45, 7) is 4.96. The maximum Gasteiger partial charge on any atom is 0.144 e. The number of hydrogen-bond donors (Lipinski definition) is 1. The van der Waals surface area contributed by atoms with E-state index in [9.17, 15) is 0 Å². The quantitative estimate of drug-likeness (QED) is 0.862. The van der Waals surface area contributed by atoms with E-state index >= 15 is 0 Å². The van der Waals surface area contributed by atoms with Gasteiger partial charge < -0.3 is 5.32 Å². The zero-order valence-corrected chi connectivity index (χ0v) is 11.3. The third kappa shape index (κ3) is 2.99. The summed E-state index contributed by atoms with van der Waals surface area (Å²) < 4.78 is 0. The Bertz CT molecular complexity index is 459. The van der Waals surface area contributed by atoms with E-state index in [0.717, 1.165) is 18.3 Å². The highest BCUT2D eigenvalue weighted by Gasteiger charge is 2.28. The first-order valence-electron chi connectivity index (χ1n) is 6.45. The lowest BCUT2D eigenvalue weighted by Gasteiger charge is -2.25. The van der Waals surface area contributed by atoms with E-state index in [0.29, 0.717) is 17.4 Å². The number of nitrogens with one attached hydrogen (secondary N) is 1. The van der Waals surface area contributed by atoms with Crippen LogP contribution < -0.4 is 5.32 Å². The molecule has 0 amide bonds. The SMILES string of the molecule is Cc1ccc(C#N)c(NCC(C)N(C)C2CC2)n1. The molecule has 1 aliphatic rings. The minimum atomic E-state index is 0.450. The molecule has 2 rings (SSSR count). The maximum atomic E-state index is 9.04. The largest absolute Gasteiger partial charge is 0.367 e. The predicted octanol–water partition coefficient (Wildman–Crippen LogP) is 2.16. The molecule has 1 saturated carbocycles. The average Bonchev–Trinajstić information content (AvgIpc) is 3.19. The highest BCUT2D eigenvalue weighted by Crippen LogP contribution is 2.27. The van der Waals surface area contributed by atoms with E-state index < -0.39 is 0 Å². The highest BCUT2D eigenvalue weighted by molar-refractivity contribution is 5.52. The van der Waals surface area contributed by atoms with Crippen LogP contribution in [-0.4, -0.2) is 35.6 Å². The van der Waals surface area contributed by atoms with Crippen molar-refractivity contribution in [3.05, 3.63) is 23.4 Å². The fourth-order valence-corrected chi connectivity index (χ4v) is 2.01.